The lowest BCUT2D eigenvalue weighted by molar-refractivity contribution is -0.122. The molecule has 1 unspecified atom stereocenters. The van der Waals surface area contributed by atoms with Gasteiger partial charge < -0.3 is 10.1 Å². The second-order valence-corrected chi connectivity index (χ2v) is 6.56. The van der Waals surface area contributed by atoms with Gasteiger partial charge >= 0.3 is 0 Å². The van der Waals surface area contributed by atoms with Gasteiger partial charge in [-0.05, 0) is 36.8 Å². The van der Waals surface area contributed by atoms with E-state index in [1.165, 1.54) is 0 Å². The van der Waals surface area contributed by atoms with Crippen molar-refractivity contribution in [2.75, 3.05) is 5.32 Å². The first-order valence-electron chi connectivity index (χ1n) is 7.12. The quantitative estimate of drug-likeness (QED) is 0.787. The zero-order chi connectivity index (χ0) is 15.1. The van der Waals surface area contributed by atoms with E-state index < -0.39 is 6.10 Å². The van der Waals surface area contributed by atoms with Crippen LogP contribution >= 0.6 is 11.3 Å². The number of hydrogen-bond acceptors (Lipinski definition) is 4. The Morgan fingerprint density at radius 3 is 3.05 bits per heavy atom. The molecule has 1 aromatic heterocycles. The Hall–Kier alpha value is -2.40. The number of hydrogen-bond donors (Lipinski definition) is 1. The zero-order valence-electron chi connectivity index (χ0n) is 12.0. The van der Waals surface area contributed by atoms with E-state index in [0.29, 0.717) is 6.42 Å². The summed E-state index contributed by atoms with van der Waals surface area (Å²) in [6.07, 6.45) is 0.144. The van der Waals surface area contributed by atoms with Crippen molar-refractivity contribution in [3.63, 3.8) is 0 Å². The molecule has 0 saturated carbocycles. The lowest BCUT2D eigenvalue weighted by Gasteiger charge is -2.11. The fourth-order valence-corrected chi connectivity index (χ4v) is 3.48. The van der Waals surface area contributed by atoms with Crippen LogP contribution in [0.3, 0.4) is 0 Å². The SMILES string of the molecule is Cc1nc2cc(NC(=O)C3Cc4ccccc4O3)ccc2s1. The molecule has 22 heavy (non-hydrogen) atoms. The van der Waals surface area contributed by atoms with Crippen molar-refractivity contribution in [3.05, 3.63) is 53.0 Å². The number of amides is 1. The molecule has 110 valence electrons. The normalized spacial score (nSPS) is 16.3. The zero-order valence-corrected chi connectivity index (χ0v) is 12.8. The number of fused-ring (bicyclic) bond motifs is 2. The van der Waals surface area contributed by atoms with Gasteiger partial charge in [0.05, 0.1) is 15.2 Å². The van der Waals surface area contributed by atoms with Gasteiger partial charge in [-0.1, -0.05) is 18.2 Å². The van der Waals surface area contributed by atoms with Gasteiger partial charge in [-0.15, -0.1) is 11.3 Å². The standard InChI is InChI=1S/C17H14N2O2S/c1-10-18-13-9-12(6-7-16(13)22-10)19-17(20)15-8-11-4-2-3-5-14(11)21-15/h2-7,9,15H,8H2,1H3,(H,19,20). The molecule has 3 aromatic rings. The molecule has 1 atom stereocenters. The molecule has 0 radical (unpaired) electrons. The summed E-state index contributed by atoms with van der Waals surface area (Å²) in [7, 11) is 0. The van der Waals surface area contributed by atoms with E-state index in [0.717, 1.165) is 32.2 Å². The molecule has 0 bridgehead atoms. The highest BCUT2D eigenvalue weighted by atomic mass is 32.1. The topological polar surface area (TPSA) is 51.2 Å². The molecule has 0 aliphatic carbocycles. The van der Waals surface area contributed by atoms with Crippen LogP contribution in [0.1, 0.15) is 10.6 Å². The molecule has 1 N–H and O–H groups in total. The monoisotopic (exact) mass is 310 g/mol. The van der Waals surface area contributed by atoms with Crippen molar-refractivity contribution in [2.45, 2.75) is 19.4 Å². The summed E-state index contributed by atoms with van der Waals surface area (Å²) in [4.78, 5) is 16.8. The lowest BCUT2D eigenvalue weighted by Crippen LogP contribution is -2.31. The maximum absolute atomic E-state index is 12.4. The van der Waals surface area contributed by atoms with E-state index in [1.54, 1.807) is 11.3 Å². The van der Waals surface area contributed by atoms with Gasteiger partial charge in [0.15, 0.2) is 6.10 Å². The summed E-state index contributed by atoms with van der Waals surface area (Å²) in [5, 5.41) is 3.94. The minimum Gasteiger partial charge on any atom is -0.480 e. The second-order valence-electron chi connectivity index (χ2n) is 5.32. The summed E-state index contributed by atoms with van der Waals surface area (Å²) >= 11 is 1.65. The Balaban J connectivity index is 1.52. The van der Waals surface area contributed by atoms with Gasteiger partial charge in [-0.25, -0.2) is 4.98 Å². The molecule has 2 heterocycles. The maximum Gasteiger partial charge on any atom is 0.265 e. The number of carbonyl (C=O) groups excluding carboxylic acids is 1. The van der Waals surface area contributed by atoms with E-state index in [1.807, 2.05) is 49.4 Å². The Morgan fingerprint density at radius 1 is 1.32 bits per heavy atom. The summed E-state index contributed by atoms with van der Waals surface area (Å²) in [6, 6.07) is 13.6. The van der Waals surface area contributed by atoms with Crippen molar-refractivity contribution < 1.29 is 9.53 Å². The average Bonchev–Trinajstić information content (AvgIpc) is 3.08. The number of carbonyl (C=O) groups is 1. The molecule has 1 aliphatic heterocycles. The van der Waals surface area contributed by atoms with Crippen LogP contribution < -0.4 is 10.1 Å². The number of para-hydroxylation sites is 1. The third-order valence-corrected chi connectivity index (χ3v) is 4.65. The van der Waals surface area contributed by atoms with Crippen molar-refractivity contribution >= 4 is 33.1 Å². The second kappa shape index (κ2) is 5.10. The number of thiazole rings is 1. The predicted molar refractivity (Wildman–Crippen MR) is 87.5 cm³/mol. The number of aryl methyl sites for hydroxylation is 1. The highest BCUT2D eigenvalue weighted by Gasteiger charge is 2.28. The minimum atomic E-state index is -0.467. The highest BCUT2D eigenvalue weighted by molar-refractivity contribution is 7.18. The van der Waals surface area contributed by atoms with Crippen LogP contribution in [-0.4, -0.2) is 17.0 Å². The summed E-state index contributed by atoms with van der Waals surface area (Å²) in [5.41, 5.74) is 2.74. The van der Waals surface area contributed by atoms with Crippen molar-refractivity contribution in [3.8, 4) is 5.75 Å². The fourth-order valence-electron chi connectivity index (χ4n) is 2.67. The molecule has 1 amide bonds. The number of anilines is 1. The molecule has 0 saturated heterocycles. The van der Waals surface area contributed by atoms with E-state index in [4.69, 9.17) is 4.74 Å². The Labute approximate surface area is 131 Å². The van der Waals surface area contributed by atoms with Crippen LogP contribution in [0.5, 0.6) is 5.75 Å². The van der Waals surface area contributed by atoms with Crippen LogP contribution in [0.15, 0.2) is 42.5 Å². The average molecular weight is 310 g/mol. The van der Waals surface area contributed by atoms with E-state index in [2.05, 4.69) is 10.3 Å². The molecular weight excluding hydrogens is 296 g/mol. The Kier molecular flexibility index (Phi) is 3.08. The maximum atomic E-state index is 12.4. The first kappa shape index (κ1) is 13.3. The van der Waals surface area contributed by atoms with Gasteiger partial charge in [0.2, 0.25) is 0 Å². The third kappa shape index (κ3) is 2.33. The van der Waals surface area contributed by atoms with Crippen LogP contribution in [0.2, 0.25) is 0 Å². The number of rotatable bonds is 2. The van der Waals surface area contributed by atoms with Gasteiger partial charge in [0, 0.05) is 12.1 Å². The van der Waals surface area contributed by atoms with Gasteiger partial charge in [0.25, 0.3) is 5.91 Å². The molecule has 0 fully saturated rings. The van der Waals surface area contributed by atoms with Crippen molar-refractivity contribution in [2.24, 2.45) is 0 Å². The molecular formula is C17H14N2O2S. The lowest BCUT2D eigenvalue weighted by atomic mass is 10.1. The smallest absolute Gasteiger partial charge is 0.265 e. The summed E-state index contributed by atoms with van der Waals surface area (Å²) < 4.78 is 6.83. The van der Waals surface area contributed by atoms with Gasteiger partial charge in [-0.3, -0.25) is 4.79 Å². The number of ether oxygens (including phenoxy) is 1. The summed E-state index contributed by atoms with van der Waals surface area (Å²) in [5.74, 6) is 0.677. The van der Waals surface area contributed by atoms with Gasteiger partial charge in [-0.2, -0.15) is 0 Å². The molecule has 4 rings (SSSR count). The molecule has 0 spiro atoms. The molecule has 4 nitrogen and oxygen atoms in total. The number of nitrogens with zero attached hydrogens (tertiary/aromatic N) is 1. The number of benzene rings is 2. The summed E-state index contributed by atoms with van der Waals surface area (Å²) in [6.45, 7) is 1.98. The van der Waals surface area contributed by atoms with E-state index in [-0.39, 0.29) is 5.91 Å². The molecule has 5 heteroatoms. The minimum absolute atomic E-state index is 0.123. The largest absolute Gasteiger partial charge is 0.480 e. The Bertz CT molecular complexity index is 847. The van der Waals surface area contributed by atoms with Gasteiger partial charge in [0.1, 0.15) is 5.75 Å². The van der Waals surface area contributed by atoms with Crippen molar-refractivity contribution in [1.29, 1.82) is 0 Å². The Morgan fingerprint density at radius 2 is 2.18 bits per heavy atom. The predicted octanol–water partition coefficient (Wildman–Crippen LogP) is 3.55. The van der Waals surface area contributed by atoms with Crippen LogP contribution in [0.25, 0.3) is 10.2 Å². The van der Waals surface area contributed by atoms with Crippen LogP contribution in [-0.2, 0) is 11.2 Å². The first-order chi connectivity index (χ1) is 10.7. The molecule has 2 aromatic carbocycles. The molecule has 1 aliphatic rings. The van der Waals surface area contributed by atoms with E-state index >= 15 is 0 Å². The van der Waals surface area contributed by atoms with Crippen molar-refractivity contribution in [1.82, 2.24) is 4.98 Å². The highest BCUT2D eigenvalue weighted by Crippen LogP contribution is 2.29. The number of aromatic nitrogens is 1. The van der Waals surface area contributed by atoms with Crippen LogP contribution in [0, 0.1) is 6.92 Å². The fraction of sp³-hybridized carbons (Fsp3) is 0.176. The number of nitrogens with one attached hydrogen (secondary N) is 1. The van der Waals surface area contributed by atoms with E-state index in [9.17, 15) is 4.79 Å². The first-order valence-corrected chi connectivity index (χ1v) is 7.93. The van der Waals surface area contributed by atoms with Crippen LogP contribution in [0.4, 0.5) is 5.69 Å². The third-order valence-electron chi connectivity index (χ3n) is 3.70.